The monoisotopic (exact) mass is 543 g/mol. The molecule has 5 rings (SSSR count). The first-order chi connectivity index (χ1) is 18.2. The first kappa shape index (κ1) is 26.4. The molecule has 202 valence electrons. The van der Waals surface area contributed by atoms with Gasteiger partial charge in [-0.15, -0.1) is 0 Å². The van der Waals surface area contributed by atoms with Crippen molar-refractivity contribution in [3.63, 3.8) is 0 Å². The Balaban J connectivity index is 1.71. The molecule has 0 spiro atoms. The minimum atomic E-state index is -4.61. The Kier molecular flexibility index (Phi) is 5.89. The van der Waals surface area contributed by atoms with E-state index >= 15 is 0 Å². The topological polar surface area (TPSA) is 172 Å². The molecule has 0 aromatic heterocycles. The number of halogens is 3. The number of ketones is 4. The van der Waals surface area contributed by atoms with Crippen LogP contribution < -0.4 is 5.73 Å². The van der Waals surface area contributed by atoms with E-state index in [0.717, 1.165) is 30.3 Å². The lowest BCUT2D eigenvalue weighted by molar-refractivity contribution is -0.185. The van der Waals surface area contributed by atoms with Crippen LogP contribution in [0.3, 0.4) is 0 Å². The molecule has 2 saturated carbocycles. The highest BCUT2D eigenvalue weighted by atomic mass is 19.4. The molecule has 1 amide bonds. The maximum absolute atomic E-state index is 13.7. The molecule has 0 saturated heterocycles. The van der Waals surface area contributed by atoms with Crippen LogP contribution in [-0.4, -0.2) is 56.1 Å². The molecule has 2 aromatic carbocycles. The number of fused-ring (bicyclic) bond motifs is 3. The number of carbonyl (C=O) groups excluding carboxylic acids is 5. The summed E-state index contributed by atoms with van der Waals surface area (Å²) in [6.45, 7) is 0. The van der Waals surface area contributed by atoms with Crippen LogP contribution in [0.1, 0.15) is 33.5 Å². The smallest absolute Gasteiger partial charge is 0.416 e. The Hall–Kier alpha value is -4.16. The van der Waals surface area contributed by atoms with E-state index in [-0.39, 0.29) is 22.3 Å². The molecule has 0 heterocycles. The average Bonchev–Trinajstić information content (AvgIpc) is 2.85. The van der Waals surface area contributed by atoms with E-state index in [1.165, 1.54) is 18.2 Å². The fourth-order valence-corrected chi connectivity index (χ4v) is 5.98. The summed E-state index contributed by atoms with van der Waals surface area (Å²) in [6, 6.07) is 7.81. The van der Waals surface area contributed by atoms with Crippen LogP contribution in [0.4, 0.5) is 13.2 Å². The summed E-state index contributed by atoms with van der Waals surface area (Å²) < 4.78 is 39.2. The third-order valence-electron chi connectivity index (χ3n) is 7.80. The maximum atomic E-state index is 13.7. The van der Waals surface area contributed by atoms with E-state index in [2.05, 4.69) is 0 Å². The Morgan fingerprint density at radius 1 is 1.03 bits per heavy atom. The molecule has 9 nitrogen and oxygen atoms in total. The predicted molar refractivity (Wildman–Crippen MR) is 126 cm³/mol. The Labute approximate surface area is 217 Å². The summed E-state index contributed by atoms with van der Waals surface area (Å²) in [5, 5.41) is 33.2. The number of Topliss-reactive ketones (excluding diaryl/α,β-unsaturated/α-hetero) is 4. The largest absolute Gasteiger partial charge is 0.507 e. The molecule has 2 fully saturated rings. The van der Waals surface area contributed by atoms with Gasteiger partial charge in [0.2, 0.25) is 5.91 Å². The van der Waals surface area contributed by atoms with Gasteiger partial charge in [0.1, 0.15) is 5.75 Å². The zero-order valence-electron chi connectivity index (χ0n) is 19.8. The molecular weight excluding hydrogens is 523 g/mol. The van der Waals surface area contributed by atoms with E-state index in [9.17, 15) is 52.5 Å². The lowest BCUT2D eigenvalue weighted by Gasteiger charge is -2.51. The highest BCUT2D eigenvalue weighted by Gasteiger charge is 2.69. The van der Waals surface area contributed by atoms with Gasteiger partial charge in [0.15, 0.2) is 34.7 Å². The third kappa shape index (κ3) is 3.73. The van der Waals surface area contributed by atoms with Crippen LogP contribution in [0.2, 0.25) is 0 Å². The molecule has 6 atom stereocenters. The fraction of sp³-hybridized carbons (Fsp3) is 0.296. The number of primary amides is 1. The van der Waals surface area contributed by atoms with E-state index in [0.29, 0.717) is 0 Å². The lowest BCUT2D eigenvalue weighted by atomic mass is 9.51. The molecule has 5 N–H and O–H groups in total. The summed E-state index contributed by atoms with van der Waals surface area (Å²) in [7, 11) is 0. The van der Waals surface area contributed by atoms with Crippen LogP contribution in [0.25, 0.3) is 11.6 Å². The molecular formula is C27H20F3NO8. The summed E-state index contributed by atoms with van der Waals surface area (Å²) in [5.41, 5.74) is 1.09. The van der Waals surface area contributed by atoms with Gasteiger partial charge < -0.3 is 21.1 Å². The maximum Gasteiger partial charge on any atom is 0.416 e. The van der Waals surface area contributed by atoms with Crippen LogP contribution in [0.15, 0.2) is 42.5 Å². The summed E-state index contributed by atoms with van der Waals surface area (Å²) in [5.74, 6) is -14.1. The van der Waals surface area contributed by atoms with Gasteiger partial charge in [-0.05, 0) is 34.9 Å². The van der Waals surface area contributed by atoms with E-state index in [1.54, 1.807) is 0 Å². The van der Waals surface area contributed by atoms with Crippen molar-refractivity contribution in [1.29, 1.82) is 0 Å². The van der Waals surface area contributed by atoms with Gasteiger partial charge >= 0.3 is 6.18 Å². The molecule has 0 bridgehead atoms. The number of hydrogen-bond acceptors (Lipinski definition) is 8. The summed E-state index contributed by atoms with van der Waals surface area (Å²) >= 11 is 0. The van der Waals surface area contributed by atoms with E-state index < -0.39 is 88.3 Å². The first-order valence-corrected chi connectivity index (χ1v) is 11.8. The molecule has 12 heteroatoms. The first-order valence-electron chi connectivity index (χ1n) is 11.8. The molecule has 3 aliphatic carbocycles. The molecule has 39 heavy (non-hydrogen) atoms. The second kappa shape index (κ2) is 8.68. The van der Waals surface area contributed by atoms with Gasteiger partial charge in [-0.3, -0.25) is 24.0 Å². The van der Waals surface area contributed by atoms with Crippen molar-refractivity contribution in [2.24, 2.45) is 29.4 Å². The van der Waals surface area contributed by atoms with Crippen molar-refractivity contribution in [2.45, 2.75) is 24.3 Å². The van der Waals surface area contributed by atoms with Crippen molar-refractivity contribution in [3.8, 4) is 5.75 Å². The van der Waals surface area contributed by atoms with Gasteiger partial charge in [-0.25, -0.2) is 0 Å². The average molecular weight is 543 g/mol. The minimum absolute atomic E-state index is 0.0603. The van der Waals surface area contributed by atoms with Gasteiger partial charge in [-0.1, -0.05) is 30.3 Å². The fourth-order valence-electron chi connectivity index (χ4n) is 5.98. The molecule has 2 unspecified atom stereocenters. The minimum Gasteiger partial charge on any atom is -0.507 e. The number of hydrogen-bond donors (Lipinski definition) is 4. The second-order valence-electron chi connectivity index (χ2n) is 9.88. The third-order valence-corrected chi connectivity index (χ3v) is 7.80. The normalized spacial score (nSPS) is 31.5. The number of rotatable bonds is 2. The van der Waals surface area contributed by atoms with Gasteiger partial charge in [-0.2, -0.15) is 13.2 Å². The van der Waals surface area contributed by atoms with Crippen LogP contribution >= 0.6 is 0 Å². The summed E-state index contributed by atoms with van der Waals surface area (Å²) in [4.78, 5) is 64.8. The number of aliphatic hydroxyl groups excluding tert-OH is 1. The number of benzene rings is 2. The number of amides is 1. The highest BCUT2D eigenvalue weighted by Crippen LogP contribution is 2.54. The van der Waals surface area contributed by atoms with E-state index in [4.69, 9.17) is 5.73 Å². The zero-order valence-corrected chi connectivity index (χ0v) is 19.8. The molecule has 3 aliphatic rings. The lowest BCUT2D eigenvalue weighted by Crippen LogP contribution is -2.72. The standard InChI is InChI=1S/C27H20F3NO8/c28-27(29,30)11-6-4-10(5-7-11)8-13-12-2-1-3-15(32)17(12)22(35)20-18(13)21(34)14-9-16(33)19(25(31)38)23(36)26(14,39)24(20)37/h1-8,14,18-21,32,34,39H,9H2,(H2,31,38)/t14-,18-,19?,20?,21-,26-/m1/s1. The number of alkyl halides is 3. The van der Waals surface area contributed by atoms with E-state index in [1.807, 2.05) is 0 Å². The Bertz CT molecular complexity index is 1500. The number of phenolic OH excluding ortho intramolecular Hbond substituents is 1. The van der Waals surface area contributed by atoms with Gasteiger partial charge in [0, 0.05) is 18.3 Å². The number of carbonyl (C=O) groups is 5. The van der Waals surface area contributed by atoms with Crippen molar-refractivity contribution < 1.29 is 52.5 Å². The number of phenols is 1. The highest BCUT2D eigenvalue weighted by molar-refractivity contribution is 6.32. The Morgan fingerprint density at radius 2 is 1.67 bits per heavy atom. The predicted octanol–water partition coefficient (Wildman–Crippen LogP) is 1.31. The number of aromatic hydroxyl groups is 1. The van der Waals surface area contributed by atoms with Gasteiger partial charge in [0.25, 0.3) is 0 Å². The summed E-state index contributed by atoms with van der Waals surface area (Å²) in [6.07, 6.45) is -5.92. The Morgan fingerprint density at radius 3 is 2.26 bits per heavy atom. The SMILES string of the molecule is NC(=O)C1C(=O)C[C@@H]2[C@@H](O)[C@@H]3C(=Cc4ccc(C(F)(F)F)cc4)c4cccc(O)c4C(=O)C3C(=O)[C@]2(O)C1=O. The molecule has 0 aliphatic heterocycles. The van der Waals surface area contributed by atoms with Crippen molar-refractivity contribution in [3.05, 3.63) is 64.7 Å². The van der Waals surface area contributed by atoms with Crippen LogP contribution in [0.5, 0.6) is 5.75 Å². The number of nitrogens with two attached hydrogens (primary N) is 1. The second-order valence-corrected chi connectivity index (χ2v) is 9.88. The van der Waals surface area contributed by atoms with Crippen LogP contribution in [-0.2, 0) is 25.4 Å². The van der Waals surface area contributed by atoms with Crippen molar-refractivity contribution in [1.82, 2.24) is 0 Å². The van der Waals surface area contributed by atoms with Crippen LogP contribution in [0, 0.1) is 23.7 Å². The van der Waals surface area contributed by atoms with Crippen molar-refractivity contribution in [2.75, 3.05) is 0 Å². The van der Waals surface area contributed by atoms with Gasteiger partial charge in [0.05, 0.1) is 23.1 Å². The molecule has 0 radical (unpaired) electrons. The number of aliphatic hydroxyl groups is 2. The molecule has 2 aromatic rings. The van der Waals surface area contributed by atoms with Crippen molar-refractivity contribution >= 4 is 40.7 Å². The zero-order chi connectivity index (χ0) is 28.6. The quantitative estimate of drug-likeness (QED) is 0.411.